The SMILES string of the molecule is CC#CCn1c(N2CCC[C@@H](N)C2)c(C(=O)NC)c2c1c(=O)n(Cc1nc(C)c3ccccc3n1)c(=O)n2C. The number of carbonyl (C=O) groups excluding carboxylic acids is 1. The molecule has 0 unspecified atom stereocenters. The fourth-order valence-electron chi connectivity index (χ4n) is 5.45. The maximum absolute atomic E-state index is 14.1. The van der Waals surface area contributed by atoms with E-state index in [0.29, 0.717) is 24.7 Å². The largest absolute Gasteiger partial charge is 0.356 e. The van der Waals surface area contributed by atoms with E-state index in [0.717, 1.165) is 34.0 Å². The summed E-state index contributed by atoms with van der Waals surface area (Å²) in [5.74, 6) is 6.43. The predicted molar refractivity (Wildman–Crippen MR) is 151 cm³/mol. The second-order valence-electron chi connectivity index (χ2n) is 9.81. The zero-order chi connectivity index (χ0) is 27.8. The Kier molecular flexibility index (Phi) is 6.97. The van der Waals surface area contributed by atoms with Crippen LogP contribution >= 0.6 is 0 Å². The first-order chi connectivity index (χ1) is 18.8. The molecular weight excluding hydrogens is 496 g/mol. The summed E-state index contributed by atoms with van der Waals surface area (Å²) in [5.41, 5.74) is 7.46. The minimum Gasteiger partial charge on any atom is -0.356 e. The predicted octanol–water partition coefficient (Wildman–Crippen LogP) is 1.11. The second-order valence-corrected chi connectivity index (χ2v) is 9.81. The van der Waals surface area contributed by atoms with Gasteiger partial charge in [0.25, 0.3) is 11.5 Å². The van der Waals surface area contributed by atoms with Gasteiger partial charge in [0, 0.05) is 44.3 Å². The number of anilines is 1. The number of fused-ring (bicyclic) bond motifs is 2. The Morgan fingerprint density at radius 2 is 1.95 bits per heavy atom. The van der Waals surface area contributed by atoms with E-state index >= 15 is 0 Å². The lowest BCUT2D eigenvalue weighted by Crippen LogP contribution is -2.44. The zero-order valence-electron chi connectivity index (χ0n) is 22.6. The summed E-state index contributed by atoms with van der Waals surface area (Å²) in [7, 11) is 3.10. The summed E-state index contributed by atoms with van der Waals surface area (Å²) in [6.45, 7) is 4.83. The van der Waals surface area contributed by atoms with Crippen LogP contribution in [0.25, 0.3) is 21.9 Å². The molecule has 1 atom stereocenters. The van der Waals surface area contributed by atoms with Gasteiger partial charge in [0.2, 0.25) is 0 Å². The van der Waals surface area contributed by atoms with Crippen LogP contribution in [0.4, 0.5) is 5.82 Å². The average Bonchev–Trinajstić information content (AvgIpc) is 3.28. The van der Waals surface area contributed by atoms with E-state index in [2.05, 4.69) is 27.1 Å². The molecule has 0 aliphatic carbocycles. The van der Waals surface area contributed by atoms with Crippen molar-refractivity contribution >= 4 is 33.7 Å². The van der Waals surface area contributed by atoms with E-state index in [1.165, 1.54) is 11.6 Å². The molecule has 11 heteroatoms. The molecule has 39 heavy (non-hydrogen) atoms. The molecule has 3 aromatic heterocycles. The molecular formula is C28H32N8O3. The average molecular weight is 529 g/mol. The van der Waals surface area contributed by atoms with E-state index in [9.17, 15) is 14.4 Å². The number of nitrogens with two attached hydrogens (primary N) is 1. The van der Waals surface area contributed by atoms with E-state index in [4.69, 9.17) is 5.73 Å². The van der Waals surface area contributed by atoms with E-state index in [1.54, 1.807) is 18.5 Å². The van der Waals surface area contributed by atoms with Crippen molar-refractivity contribution in [2.45, 2.75) is 45.8 Å². The highest BCUT2D eigenvalue weighted by Crippen LogP contribution is 2.32. The Bertz CT molecular complexity index is 1790. The standard InChI is InChI=1S/C28H32N8O3/c1-5-6-14-35-24-23(22(25(37)30-3)26(35)34-13-9-10-18(29)15-34)33(4)28(39)36(27(24)38)16-21-31-17(2)19-11-7-8-12-20(19)32-21/h7-8,11-12,18H,9-10,13-16,29H2,1-4H3,(H,30,37)/t18-/m1/s1. The molecule has 1 aromatic carbocycles. The first kappa shape index (κ1) is 26.2. The number of aromatic nitrogens is 5. The van der Waals surface area contributed by atoms with Crippen LogP contribution in [0.2, 0.25) is 0 Å². The third kappa shape index (κ3) is 4.46. The van der Waals surface area contributed by atoms with Crippen molar-refractivity contribution in [3.63, 3.8) is 0 Å². The molecule has 1 aliphatic heterocycles. The van der Waals surface area contributed by atoms with Crippen molar-refractivity contribution in [3.8, 4) is 11.8 Å². The van der Waals surface area contributed by atoms with Gasteiger partial charge in [-0.3, -0.25) is 18.7 Å². The minimum absolute atomic E-state index is 0.0752. The number of piperidine rings is 1. The number of carbonyl (C=O) groups is 1. The van der Waals surface area contributed by atoms with Gasteiger partial charge in [0.05, 0.1) is 24.1 Å². The van der Waals surface area contributed by atoms with Crippen LogP contribution in [0.15, 0.2) is 33.9 Å². The van der Waals surface area contributed by atoms with E-state index in [1.807, 2.05) is 36.1 Å². The highest BCUT2D eigenvalue weighted by Gasteiger charge is 2.32. The van der Waals surface area contributed by atoms with Crippen LogP contribution in [0.3, 0.4) is 0 Å². The number of nitrogens with zero attached hydrogens (tertiary/aromatic N) is 6. The summed E-state index contributed by atoms with van der Waals surface area (Å²) >= 11 is 0. The van der Waals surface area contributed by atoms with Crippen LogP contribution in [-0.4, -0.2) is 55.8 Å². The Morgan fingerprint density at radius 1 is 1.18 bits per heavy atom. The van der Waals surface area contributed by atoms with E-state index < -0.39 is 17.2 Å². The highest BCUT2D eigenvalue weighted by molar-refractivity contribution is 6.11. The topological polar surface area (TPSA) is 133 Å². The van der Waals surface area contributed by atoms with Crippen LogP contribution < -0.4 is 27.2 Å². The Hall–Kier alpha value is -4.43. The zero-order valence-corrected chi connectivity index (χ0v) is 22.6. The van der Waals surface area contributed by atoms with Gasteiger partial charge >= 0.3 is 5.69 Å². The third-order valence-corrected chi connectivity index (χ3v) is 7.28. The van der Waals surface area contributed by atoms with Gasteiger partial charge in [-0.1, -0.05) is 24.1 Å². The van der Waals surface area contributed by atoms with Crippen molar-refractivity contribution in [2.75, 3.05) is 25.0 Å². The summed E-state index contributed by atoms with van der Waals surface area (Å²) < 4.78 is 4.23. The van der Waals surface area contributed by atoms with Crippen molar-refractivity contribution in [1.82, 2.24) is 29.0 Å². The molecule has 4 aromatic rings. The quantitative estimate of drug-likeness (QED) is 0.371. The number of amides is 1. The normalized spacial score (nSPS) is 15.4. The number of nitrogens with one attached hydrogen (secondary N) is 1. The number of rotatable bonds is 5. The van der Waals surface area contributed by atoms with Crippen molar-refractivity contribution in [1.29, 1.82) is 0 Å². The van der Waals surface area contributed by atoms with Crippen molar-refractivity contribution < 1.29 is 4.79 Å². The first-order valence-electron chi connectivity index (χ1n) is 13.0. The molecule has 0 bridgehead atoms. The van der Waals surface area contributed by atoms with Gasteiger partial charge < -0.3 is 20.5 Å². The molecule has 0 saturated carbocycles. The molecule has 4 heterocycles. The maximum atomic E-state index is 14.1. The maximum Gasteiger partial charge on any atom is 0.331 e. The fraction of sp³-hybridized carbons (Fsp3) is 0.393. The van der Waals surface area contributed by atoms with Crippen molar-refractivity contribution in [3.05, 3.63) is 62.2 Å². The number of hydrogen-bond donors (Lipinski definition) is 2. The molecule has 0 spiro atoms. The number of aryl methyl sites for hydroxylation is 2. The van der Waals surface area contributed by atoms with Crippen LogP contribution in [0, 0.1) is 18.8 Å². The van der Waals surface area contributed by atoms with Gasteiger partial charge in [-0.05, 0) is 32.8 Å². The van der Waals surface area contributed by atoms with Gasteiger partial charge in [-0.25, -0.2) is 14.8 Å². The lowest BCUT2D eigenvalue weighted by atomic mass is 10.1. The molecule has 1 fully saturated rings. The summed E-state index contributed by atoms with van der Waals surface area (Å²) in [5, 5.41) is 3.59. The lowest BCUT2D eigenvalue weighted by Gasteiger charge is -2.33. The Balaban J connectivity index is 1.80. The molecule has 1 amide bonds. The highest BCUT2D eigenvalue weighted by atomic mass is 16.2. The van der Waals surface area contributed by atoms with Gasteiger partial charge in [-0.15, -0.1) is 5.92 Å². The van der Waals surface area contributed by atoms with Gasteiger partial charge in [0.15, 0.2) is 0 Å². The summed E-state index contributed by atoms with van der Waals surface area (Å²) in [6.07, 6.45) is 1.72. The molecule has 3 N–H and O–H groups in total. The van der Waals surface area contributed by atoms with Gasteiger partial charge in [-0.2, -0.15) is 0 Å². The third-order valence-electron chi connectivity index (χ3n) is 7.28. The fourth-order valence-corrected chi connectivity index (χ4v) is 5.45. The molecule has 11 nitrogen and oxygen atoms in total. The molecule has 5 rings (SSSR count). The number of benzene rings is 1. The molecule has 202 valence electrons. The second kappa shape index (κ2) is 10.4. The van der Waals surface area contributed by atoms with Gasteiger partial charge in [0.1, 0.15) is 22.7 Å². The summed E-state index contributed by atoms with van der Waals surface area (Å²) in [6, 6.07) is 7.52. The minimum atomic E-state index is -0.562. The smallest absolute Gasteiger partial charge is 0.331 e. The molecule has 0 radical (unpaired) electrons. The number of para-hydroxylation sites is 1. The van der Waals surface area contributed by atoms with Crippen LogP contribution in [0.5, 0.6) is 0 Å². The monoisotopic (exact) mass is 528 g/mol. The van der Waals surface area contributed by atoms with Crippen LogP contribution in [0.1, 0.15) is 41.6 Å². The Morgan fingerprint density at radius 3 is 2.67 bits per heavy atom. The number of hydrogen-bond acceptors (Lipinski definition) is 7. The Labute approximate surface area is 225 Å². The summed E-state index contributed by atoms with van der Waals surface area (Å²) in [4.78, 5) is 52.3. The first-order valence-corrected chi connectivity index (χ1v) is 13.0. The lowest BCUT2D eigenvalue weighted by molar-refractivity contribution is 0.0964. The molecule has 1 saturated heterocycles. The van der Waals surface area contributed by atoms with E-state index in [-0.39, 0.29) is 35.7 Å². The molecule has 1 aliphatic rings. The van der Waals surface area contributed by atoms with Crippen molar-refractivity contribution in [2.24, 2.45) is 12.8 Å². The van der Waals surface area contributed by atoms with Crippen LogP contribution in [-0.2, 0) is 20.1 Å².